The number of benzene rings is 2. The van der Waals surface area contributed by atoms with E-state index < -0.39 is 22.2 Å². The van der Waals surface area contributed by atoms with Crippen LogP contribution in [0, 0.1) is 11.8 Å². The smallest absolute Gasteiger partial charge is 0.253 e. The predicted octanol–water partition coefficient (Wildman–Crippen LogP) is 2.71. The standard InChI is InChI=1S/C30H41N3O7S/c1-20-17-33(21(2)19-34)41(37,38)28-11-10-25(22-6-8-23(9-7-22)29(35)31(3)4)16-26(28)40-27(20)18-32(5)30(36)24-12-14-39-15-13-24/h6-11,16,20-21,24,27,34H,12-15,17-19H2,1-5H3/t20-,21-,27-/m1/s1. The molecule has 0 aliphatic carbocycles. The van der Waals surface area contributed by atoms with Crippen LogP contribution in [-0.2, 0) is 19.6 Å². The quantitative estimate of drug-likeness (QED) is 0.530. The van der Waals surface area contributed by atoms with Crippen molar-refractivity contribution in [3.63, 3.8) is 0 Å². The molecule has 0 radical (unpaired) electrons. The predicted molar refractivity (Wildman–Crippen MR) is 155 cm³/mol. The summed E-state index contributed by atoms with van der Waals surface area (Å²) in [7, 11) is 1.14. The van der Waals surface area contributed by atoms with E-state index in [0.29, 0.717) is 31.6 Å². The molecule has 224 valence electrons. The maximum Gasteiger partial charge on any atom is 0.253 e. The normalized spacial score (nSPS) is 22.0. The van der Waals surface area contributed by atoms with E-state index in [1.54, 1.807) is 57.2 Å². The molecule has 2 amide bonds. The lowest BCUT2D eigenvalue weighted by molar-refractivity contribution is -0.138. The molecule has 2 aromatic rings. The van der Waals surface area contributed by atoms with Gasteiger partial charge in [-0.1, -0.05) is 25.1 Å². The highest BCUT2D eigenvalue weighted by atomic mass is 32.2. The highest BCUT2D eigenvalue weighted by Gasteiger charge is 2.39. The van der Waals surface area contributed by atoms with Crippen molar-refractivity contribution in [3.8, 4) is 16.9 Å². The maximum absolute atomic E-state index is 13.8. The lowest BCUT2D eigenvalue weighted by Gasteiger charge is -2.38. The van der Waals surface area contributed by atoms with Crippen LogP contribution in [0.5, 0.6) is 5.75 Å². The minimum atomic E-state index is -3.99. The van der Waals surface area contributed by atoms with Crippen LogP contribution in [0.1, 0.15) is 37.0 Å². The van der Waals surface area contributed by atoms with Gasteiger partial charge < -0.3 is 24.4 Å². The van der Waals surface area contributed by atoms with Crippen molar-refractivity contribution in [2.45, 2.75) is 43.7 Å². The number of fused-ring (bicyclic) bond motifs is 1. The summed E-state index contributed by atoms with van der Waals surface area (Å²) in [5.41, 5.74) is 2.06. The summed E-state index contributed by atoms with van der Waals surface area (Å²) in [6, 6.07) is 11.4. The monoisotopic (exact) mass is 587 g/mol. The molecular weight excluding hydrogens is 546 g/mol. The first-order chi connectivity index (χ1) is 19.4. The van der Waals surface area contributed by atoms with E-state index in [9.17, 15) is 23.1 Å². The van der Waals surface area contributed by atoms with Gasteiger partial charge in [-0.25, -0.2) is 8.42 Å². The van der Waals surface area contributed by atoms with Gasteiger partial charge in [0.1, 0.15) is 16.7 Å². The highest BCUT2D eigenvalue weighted by Crippen LogP contribution is 2.37. The first-order valence-corrected chi connectivity index (χ1v) is 15.5. The third kappa shape index (κ3) is 6.74. The summed E-state index contributed by atoms with van der Waals surface area (Å²) in [6.07, 6.45) is 0.854. The van der Waals surface area contributed by atoms with E-state index in [1.807, 2.05) is 19.1 Å². The molecule has 2 aromatic carbocycles. The topological polar surface area (TPSA) is 117 Å². The van der Waals surface area contributed by atoms with Gasteiger partial charge in [0.05, 0.1) is 13.2 Å². The lowest BCUT2D eigenvalue weighted by Crippen LogP contribution is -2.50. The Kier molecular flexibility index (Phi) is 9.73. The van der Waals surface area contributed by atoms with Crippen molar-refractivity contribution in [2.75, 3.05) is 54.1 Å². The zero-order valence-corrected chi connectivity index (χ0v) is 25.3. The highest BCUT2D eigenvalue weighted by molar-refractivity contribution is 7.89. The fourth-order valence-electron chi connectivity index (χ4n) is 5.30. The van der Waals surface area contributed by atoms with Crippen LogP contribution in [-0.4, -0.2) is 106 Å². The second-order valence-corrected chi connectivity index (χ2v) is 13.1. The number of hydrogen-bond donors (Lipinski definition) is 1. The second-order valence-electron chi connectivity index (χ2n) is 11.3. The number of carbonyl (C=O) groups excluding carboxylic acids is 2. The van der Waals surface area contributed by atoms with Crippen LogP contribution in [0.2, 0.25) is 0 Å². The Balaban J connectivity index is 1.70. The first-order valence-electron chi connectivity index (χ1n) is 14.0. The van der Waals surface area contributed by atoms with Gasteiger partial charge in [0.25, 0.3) is 5.91 Å². The molecular formula is C30H41N3O7S. The summed E-state index contributed by atoms with van der Waals surface area (Å²) < 4.78 is 40.8. The third-order valence-corrected chi connectivity index (χ3v) is 9.96. The molecule has 1 N–H and O–H groups in total. The number of sulfonamides is 1. The molecule has 41 heavy (non-hydrogen) atoms. The number of ether oxygens (including phenoxy) is 2. The van der Waals surface area contributed by atoms with E-state index in [0.717, 1.165) is 11.1 Å². The van der Waals surface area contributed by atoms with Crippen LogP contribution in [0.4, 0.5) is 0 Å². The number of aliphatic hydroxyl groups is 1. The molecule has 3 atom stereocenters. The van der Waals surface area contributed by atoms with Crippen molar-refractivity contribution in [2.24, 2.45) is 11.8 Å². The van der Waals surface area contributed by atoms with Crippen LogP contribution >= 0.6 is 0 Å². The zero-order valence-electron chi connectivity index (χ0n) is 24.4. The Labute approximate surface area is 242 Å². The molecule has 0 bridgehead atoms. The minimum absolute atomic E-state index is 0.0104. The number of carbonyl (C=O) groups is 2. The van der Waals surface area contributed by atoms with E-state index >= 15 is 0 Å². The molecule has 2 aliphatic heterocycles. The molecule has 11 heteroatoms. The summed E-state index contributed by atoms with van der Waals surface area (Å²) in [5, 5.41) is 9.90. The Morgan fingerprint density at radius 3 is 2.29 bits per heavy atom. The van der Waals surface area contributed by atoms with E-state index in [4.69, 9.17) is 9.47 Å². The molecule has 0 unspecified atom stereocenters. The SMILES string of the molecule is C[C@@H]1CN([C@H](C)CO)S(=O)(=O)c2ccc(-c3ccc(C(=O)N(C)C)cc3)cc2O[C@@H]1CN(C)C(=O)C1CCOCC1. The number of hydrogen-bond acceptors (Lipinski definition) is 7. The fourth-order valence-corrected chi connectivity index (χ4v) is 7.13. The van der Waals surface area contributed by atoms with E-state index in [1.165, 1.54) is 15.3 Å². The van der Waals surface area contributed by atoms with Crippen molar-refractivity contribution in [1.82, 2.24) is 14.1 Å². The fraction of sp³-hybridized carbons (Fsp3) is 0.533. The van der Waals surface area contributed by atoms with Gasteiger partial charge in [0.15, 0.2) is 0 Å². The van der Waals surface area contributed by atoms with Crippen molar-refractivity contribution in [3.05, 3.63) is 48.0 Å². The average Bonchev–Trinajstić information content (AvgIpc) is 2.97. The maximum atomic E-state index is 13.8. The van der Waals surface area contributed by atoms with Gasteiger partial charge in [-0.2, -0.15) is 4.31 Å². The van der Waals surface area contributed by atoms with E-state index in [-0.39, 0.29) is 54.0 Å². The molecule has 2 heterocycles. The van der Waals surface area contributed by atoms with Gasteiger partial charge in [-0.05, 0) is 55.2 Å². The van der Waals surface area contributed by atoms with Crippen LogP contribution in [0.15, 0.2) is 47.4 Å². The molecule has 1 saturated heterocycles. The average molecular weight is 588 g/mol. The second kappa shape index (κ2) is 12.9. The number of nitrogens with zero attached hydrogens (tertiary/aromatic N) is 3. The third-order valence-electron chi connectivity index (χ3n) is 7.94. The number of amides is 2. The summed E-state index contributed by atoms with van der Waals surface area (Å²) in [5.74, 6) is -0.282. The lowest BCUT2D eigenvalue weighted by atomic mass is 9.97. The minimum Gasteiger partial charge on any atom is -0.487 e. The molecule has 10 nitrogen and oxygen atoms in total. The van der Waals surface area contributed by atoms with Gasteiger partial charge in [-0.3, -0.25) is 9.59 Å². The van der Waals surface area contributed by atoms with Gasteiger partial charge >= 0.3 is 0 Å². The van der Waals surface area contributed by atoms with Crippen molar-refractivity contribution >= 4 is 21.8 Å². The van der Waals surface area contributed by atoms with Gasteiger partial charge in [-0.15, -0.1) is 0 Å². The molecule has 0 saturated carbocycles. The van der Waals surface area contributed by atoms with Crippen LogP contribution in [0.25, 0.3) is 11.1 Å². The van der Waals surface area contributed by atoms with Crippen LogP contribution < -0.4 is 4.74 Å². The Morgan fingerprint density at radius 1 is 1.05 bits per heavy atom. The Morgan fingerprint density at radius 2 is 1.68 bits per heavy atom. The molecule has 0 aromatic heterocycles. The number of aliphatic hydroxyl groups excluding tert-OH is 1. The van der Waals surface area contributed by atoms with Crippen molar-refractivity contribution in [1.29, 1.82) is 0 Å². The summed E-state index contributed by atoms with van der Waals surface area (Å²) in [4.78, 5) is 28.7. The molecule has 0 spiro atoms. The summed E-state index contributed by atoms with van der Waals surface area (Å²) in [6.45, 7) is 4.79. The van der Waals surface area contributed by atoms with Gasteiger partial charge in [0.2, 0.25) is 15.9 Å². The Hall–Kier alpha value is -2.99. The first kappa shape index (κ1) is 31.0. The molecule has 1 fully saturated rings. The van der Waals surface area contributed by atoms with E-state index in [2.05, 4.69) is 0 Å². The Bertz CT molecular complexity index is 1340. The number of rotatable bonds is 7. The van der Waals surface area contributed by atoms with Crippen molar-refractivity contribution < 1.29 is 32.6 Å². The zero-order chi connectivity index (χ0) is 29.9. The molecule has 4 rings (SSSR count). The summed E-state index contributed by atoms with van der Waals surface area (Å²) >= 11 is 0. The molecule has 2 aliphatic rings. The van der Waals surface area contributed by atoms with Crippen LogP contribution in [0.3, 0.4) is 0 Å². The largest absolute Gasteiger partial charge is 0.487 e. The number of likely N-dealkylation sites (N-methyl/N-ethyl adjacent to an activating group) is 1. The van der Waals surface area contributed by atoms with Gasteiger partial charge in [0, 0.05) is 64.3 Å².